The SMILES string of the molecule is CC1(c2ccc(F)cc2)NC(=O)N(CC(=O)NCCS(=O)(=O)N2CCOCC2)C1=O. The normalized spacial score (nSPS) is 22.8. The molecule has 1 aromatic rings. The number of urea groups is 1. The van der Waals surface area contributed by atoms with Crippen LogP contribution in [0.15, 0.2) is 24.3 Å². The molecule has 1 unspecified atom stereocenters. The van der Waals surface area contributed by atoms with Crippen LogP contribution >= 0.6 is 0 Å². The molecule has 2 fully saturated rings. The summed E-state index contributed by atoms with van der Waals surface area (Å²) in [7, 11) is -3.54. The van der Waals surface area contributed by atoms with Crippen LogP contribution in [0.5, 0.6) is 0 Å². The van der Waals surface area contributed by atoms with E-state index in [1.165, 1.54) is 35.5 Å². The van der Waals surface area contributed by atoms with Gasteiger partial charge in [0.2, 0.25) is 15.9 Å². The summed E-state index contributed by atoms with van der Waals surface area (Å²) in [6.07, 6.45) is 0. The Hall–Kier alpha value is -2.57. The highest BCUT2D eigenvalue weighted by molar-refractivity contribution is 7.89. The summed E-state index contributed by atoms with van der Waals surface area (Å²) < 4.78 is 44.1. The minimum atomic E-state index is -3.54. The van der Waals surface area contributed by atoms with Gasteiger partial charge in [0, 0.05) is 19.6 Å². The Morgan fingerprint density at radius 2 is 1.87 bits per heavy atom. The van der Waals surface area contributed by atoms with Gasteiger partial charge in [-0.1, -0.05) is 12.1 Å². The van der Waals surface area contributed by atoms with Gasteiger partial charge in [-0.2, -0.15) is 4.31 Å². The molecule has 2 saturated heterocycles. The molecule has 1 aromatic carbocycles. The molecular weight excluding hydrogens is 419 g/mol. The zero-order valence-electron chi connectivity index (χ0n) is 16.4. The van der Waals surface area contributed by atoms with Gasteiger partial charge in [0.05, 0.1) is 19.0 Å². The smallest absolute Gasteiger partial charge is 0.325 e. The molecule has 12 heteroatoms. The van der Waals surface area contributed by atoms with Gasteiger partial charge >= 0.3 is 6.03 Å². The van der Waals surface area contributed by atoms with Crippen molar-refractivity contribution in [2.45, 2.75) is 12.5 Å². The predicted octanol–water partition coefficient (Wildman–Crippen LogP) is -0.629. The number of halogens is 1. The molecule has 10 nitrogen and oxygen atoms in total. The zero-order chi connectivity index (χ0) is 21.9. The van der Waals surface area contributed by atoms with Crippen molar-refractivity contribution < 1.29 is 31.9 Å². The first-order valence-electron chi connectivity index (χ1n) is 9.36. The molecule has 4 amide bonds. The highest BCUT2D eigenvalue weighted by atomic mass is 32.2. The number of amides is 4. The number of carbonyl (C=O) groups is 3. The van der Waals surface area contributed by atoms with E-state index in [0.29, 0.717) is 18.8 Å². The number of imide groups is 1. The number of sulfonamides is 1. The fourth-order valence-electron chi connectivity index (χ4n) is 3.29. The Morgan fingerprint density at radius 1 is 1.23 bits per heavy atom. The van der Waals surface area contributed by atoms with E-state index in [1.807, 2.05) is 0 Å². The van der Waals surface area contributed by atoms with Gasteiger partial charge in [0.1, 0.15) is 17.9 Å². The van der Waals surface area contributed by atoms with Crippen molar-refractivity contribution in [3.8, 4) is 0 Å². The topological polar surface area (TPSA) is 125 Å². The lowest BCUT2D eigenvalue weighted by molar-refractivity contribution is -0.134. The number of carbonyl (C=O) groups excluding carboxylic acids is 3. The minimum absolute atomic E-state index is 0.155. The second-order valence-electron chi connectivity index (χ2n) is 7.13. The molecular formula is C18H23FN4O6S. The van der Waals surface area contributed by atoms with Gasteiger partial charge in [-0.05, 0) is 24.6 Å². The fourth-order valence-corrected chi connectivity index (χ4v) is 4.62. The van der Waals surface area contributed by atoms with Crippen molar-refractivity contribution in [1.82, 2.24) is 19.8 Å². The molecule has 2 N–H and O–H groups in total. The van der Waals surface area contributed by atoms with E-state index in [4.69, 9.17) is 4.74 Å². The number of nitrogens with one attached hydrogen (secondary N) is 2. The third kappa shape index (κ3) is 4.60. The van der Waals surface area contributed by atoms with Gasteiger partial charge in [0.25, 0.3) is 5.91 Å². The Morgan fingerprint density at radius 3 is 2.50 bits per heavy atom. The number of nitrogens with zero attached hydrogens (tertiary/aromatic N) is 2. The molecule has 0 aromatic heterocycles. The van der Waals surface area contributed by atoms with E-state index >= 15 is 0 Å². The first-order chi connectivity index (χ1) is 14.1. The molecule has 2 heterocycles. The van der Waals surface area contributed by atoms with Crippen molar-refractivity contribution in [3.63, 3.8) is 0 Å². The Bertz CT molecular complexity index is 932. The van der Waals surface area contributed by atoms with Gasteiger partial charge in [-0.3, -0.25) is 14.5 Å². The van der Waals surface area contributed by atoms with Crippen LogP contribution < -0.4 is 10.6 Å². The molecule has 3 rings (SSSR count). The molecule has 1 atom stereocenters. The molecule has 0 bridgehead atoms. The van der Waals surface area contributed by atoms with E-state index in [1.54, 1.807) is 0 Å². The molecule has 2 aliphatic rings. The largest absolute Gasteiger partial charge is 0.379 e. The van der Waals surface area contributed by atoms with Gasteiger partial charge in [0.15, 0.2) is 0 Å². The fraction of sp³-hybridized carbons (Fsp3) is 0.500. The average Bonchev–Trinajstić information content (AvgIpc) is 2.93. The van der Waals surface area contributed by atoms with Crippen molar-refractivity contribution >= 4 is 27.9 Å². The van der Waals surface area contributed by atoms with Crippen molar-refractivity contribution in [2.75, 3.05) is 45.1 Å². The molecule has 0 radical (unpaired) electrons. The van der Waals surface area contributed by atoms with Gasteiger partial charge in [-0.15, -0.1) is 0 Å². The Balaban J connectivity index is 1.55. The quantitative estimate of drug-likeness (QED) is 0.542. The van der Waals surface area contributed by atoms with Crippen molar-refractivity contribution in [2.24, 2.45) is 0 Å². The highest BCUT2D eigenvalue weighted by Gasteiger charge is 2.49. The second-order valence-corrected chi connectivity index (χ2v) is 9.22. The zero-order valence-corrected chi connectivity index (χ0v) is 17.2. The molecule has 0 aliphatic carbocycles. The lowest BCUT2D eigenvalue weighted by atomic mass is 9.92. The molecule has 0 spiro atoms. The number of benzene rings is 1. The Kier molecular flexibility index (Phi) is 6.38. The summed E-state index contributed by atoms with van der Waals surface area (Å²) in [6, 6.07) is 4.35. The van der Waals surface area contributed by atoms with E-state index in [2.05, 4.69) is 10.6 Å². The lowest BCUT2D eigenvalue weighted by Gasteiger charge is -2.26. The first kappa shape index (κ1) is 22.1. The summed E-state index contributed by atoms with van der Waals surface area (Å²) in [5, 5.41) is 4.94. The number of ether oxygens (including phenoxy) is 1. The van der Waals surface area contributed by atoms with Crippen LogP contribution in [0, 0.1) is 5.82 Å². The third-order valence-electron chi connectivity index (χ3n) is 5.04. The van der Waals surface area contributed by atoms with Gasteiger partial charge in [-0.25, -0.2) is 17.6 Å². The maximum atomic E-state index is 13.2. The lowest BCUT2D eigenvalue weighted by Crippen LogP contribution is -2.46. The number of hydrogen-bond donors (Lipinski definition) is 2. The average molecular weight is 442 g/mol. The van der Waals surface area contributed by atoms with Crippen LogP contribution in [0.1, 0.15) is 12.5 Å². The summed E-state index contributed by atoms with van der Waals surface area (Å²) in [6.45, 7) is 1.93. The monoisotopic (exact) mass is 442 g/mol. The van der Waals surface area contributed by atoms with Crippen LogP contribution in [0.2, 0.25) is 0 Å². The Labute approximate surface area is 173 Å². The third-order valence-corrected chi connectivity index (χ3v) is 6.92. The van der Waals surface area contributed by atoms with Crippen LogP contribution in [-0.2, 0) is 29.9 Å². The maximum Gasteiger partial charge on any atom is 0.325 e. The minimum Gasteiger partial charge on any atom is -0.379 e. The van der Waals surface area contributed by atoms with Gasteiger partial charge < -0.3 is 15.4 Å². The number of hydrogen-bond acceptors (Lipinski definition) is 6. The second kappa shape index (κ2) is 8.66. The maximum absolute atomic E-state index is 13.2. The molecule has 0 saturated carbocycles. The van der Waals surface area contributed by atoms with Crippen molar-refractivity contribution in [3.05, 3.63) is 35.6 Å². The van der Waals surface area contributed by atoms with E-state index in [9.17, 15) is 27.2 Å². The van der Waals surface area contributed by atoms with Crippen LogP contribution in [0.4, 0.5) is 9.18 Å². The summed E-state index contributed by atoms with van der Waals surface area (Å²) in [5.74, 6) is -2.11. The molecule has 164 valence electrons. The summed E-state index contributed by atoms with van der Waals surface area (Å²) in [5.41, 5.74) is -1.05. The standard InChI is InChI=1S/C18H23FN4O6S/c1-18(13-2-4-14(19)5-3-13)16(25)23(17(26)21-18)12-15(24)20-6-11-30(27,28)22-7-9-29-10-8-22/h2-5H,6-12H2,1H3,(H,20,24)(H,21,26). The van der Waals surface area contributed by atoms with Crippen LogP contribution in [-0.4, -0.2) is 80.6 Å². The molecule has 2 aliphatic heterocycles. The van der Waals surface area contributed by atoms with E-state index < -0.39 is 45.8 Å². The number of rotatable bonds is 7. The van der Waals surface area contributed by atoms with E-state index in [-0.39, 0.29) is 25.4 Å². The summed E-state index contributed by atoms with van der Waals surface area (Å²) in [4.78, 5) is 37.9. The van der Waals surface area contributed by atoms with Crippen LogP contribution in [0.25, 0.3) is 0 Å². The van der Waals surface area contributed by atoms with Crippen LogP contribution in [0.3, 0.4) is 0 Å². The van der Waals surface area contributed by atoms with E-state index in [0.717, 1.165) is 4.90 Å². The molecule has 30 heavy (non-hydrogen) atoms. The summed E-state index contributed by atoms with van der Waals surface area (Å²) >= 11 is 0. The highest BCUT2D eigenvalue weighted by Crippen LogP contribution is 2.28. The van der Waals surface area contributed by atoms with Crippen molar-refractivity contribution in [1.29, 1.82) is 0 Å². The predicted molar refractivity (Wildman–Crippen MR) is 103 cm³/mol. The first-order valence-corrected chi connectivity index (χ1v) is 11.0. The number of morpholine rings is 1.